The third kappa shape index (κ3) is 4.70. The third-order valence-corrected chi connectivity index (χ3v) is 5.89. The van der Waals surface area contributed by atoms with Gasteiger partial charge in [0.15, 0.2) is 0 Å². The molecule has 1 N–H and O–H groups in total. The predicted octanol–water partition coefficient (Wildman–Crippen LogP) is 1.28. The van der Waals surface area contributed by atoms with Crippen molar-refractivity contribution in [1.82, 2.24) is 13.9 Å². The van der Waals surface area contributed by atoms with E-state index in [-0.39, 0.29) is 6.04 Å². The van der Waals surface area contributed by atoms with Crippen LogP contribution in [0.1, 0.15) is 40.0 Å². The molecule has 1 rings (SSSR count). The Bertz CT molecular complexity index is 357. The van der Waals surface area contributed by atoms with Gasteiger partial charge < -0.3 is 5.32 Å². The van der Waals surface area contributed by atoms with Crippen molar-refractivity contribution in [2.45, 2.75) is 46.1 Å². The Morgan fingerprint density at radius 2 is 2.11 bits per heavy atom. The van der Waals surface area contributed by atoms with Crippen LogP contribution < -0.4 is 5.32 Å². The molecule has 1 aliphatic rings. The molecule has 1 heterocycles. The molecule has 0 radical (unpaired) electrons. The molecule has 0 aliphatic carbocycles. The molecule has 5 nitrogen and oxygen atoms in total. The standard InChI is InChI=1S/C13H29N3O2S/c1-5-8-14-10-13-7-6-9-16(11-13)19(17,18)15(4)12(2)3/h12-14H,5-11H2,1-4H3. The summed E-state index contributed by atoms with van der Waals surface area (Å²) in [6.07, 6.45) is 3.20. The van der Waals surface area contributed by atoms with Crippen LogP contribution >= 0.6 is 0 Å². The van der Waals surface area contributed by atoms with Crippen LogP contribution in [0.5, 0.6) is 0 Å². The van der Waals surface area contributed by atoms with E-state index in [0.717, 1.165) is 32.4 Å². The zero-order valence-corrected chi connectivity index (χ0v) is 13.5. The van der Waals surface area contributed by atoms with Crippen molar-refractivity contribution in [1.29, 1.82) is 0 Å². The zero-order valence-electron chi connectivity index (χ0n) is 12.7. The highest BCUT2D eigenvalue weighted by Gasteiger charge is 2.32. The van der Waals surface area contributed by atoms with Crippen molar-refractivity contribution in [2.75, 3.05) is 33.2 Å². The van der Waals surface area contributed by atoms with Gasteiger partial charge in [-0.05, 0) is 52.1 Å². The number of rotatable bonds is 7. The van der Waals surface area contributed by atoms with Crippen molar-refractivity contribution >= 4 is 10.2 Å². The second-order valence-electron chi connectivity index (χ2n) is 5.69. The minimum atomic E-state index is -3.29. The largest absolute Gasteiger partial charge is 0.316 e. The molecule has 0 bridgehead atoms. The third-order valence-electron chi connectivity index (χ3n) is 3.76. The van der Waals surface area contributed by atoms with Crippen LogP contribution in [0.25, 0.3) is 0 Å². The highest BCUT2D eigenvalue weighted by molar-refractivity contribution is 7.86. The molecule has 0 spiro atoms. The summed E-state index contributed by atoms with van der Waals surface area (Å²) >= 11 is 0. The average Bonchev–Trinajstić information content (AvgIpc) is 2.38. The highest BCUT2D eigenvalue weighted by Crippen LogP contribution is 2.21. The summed E-state index contributed by atoms with van der Waals surface area (Å²) in [5, 5.41) is 3.39. The highest BCUT2D eigenvalue weighted by atomic mass is 32.2. The van der Waals surface area contributed by atoms with Gasteiger partial charge in [0.2, 0.25) is 0 Å². The monoisotopic (exact) mass is 291 g/mol. The molecule has 1 fully saturated rings. The van der Waals surface area contributed by atoms with E-state index in [1.165, 1.54) is 4.31 Å². The molecule has 19 heavy (non-hydrogen) atoms. The van der Waals surface area contributed by atoms with Gasteiger partial charge in [-0.3, -0.25) is 0 Å². The molecule has 1 saturated heterocycles. The van der Waals surface area contributed by atoms with Crippen molar-refractivity contribution in [3.05, 3.63) is 0 Å². The van der Waals surface area contributed by atoms with Crippen LogP contribution in [-0.4, -0.2) is 56.3 Å². The molecule has 1 unspecified atom stereocenters. The topological polar surface area (TPSA) is 52.7 Å². The van der Waals surface area contributed by atoms with Crippen LogP contribution in [0, 0.1) is 5.92 Å². The second-order valence-corrected chi connectivity index (χ2v) is 7.68. The molecular weight excluding hydrogens is 262 g/mol. The fourth-order valence-corrected chi connectivity index (χ4v) is 3.99. The van der Waals surface area contributed by atoms with Gasteiger partial charge in [-0.15, -0.1) is 0 Å². The Morgan fingerprint density at radius 3 is 2.68 bits per heavy atom. The maximum absolute atomic E-state index is 12.4. The van der Waals surface area contributed by atoms with Crippen molar-refractivity contribution < 1.29 is 8.42 Å². The first-order valence-electron chi connectivity index (χ1n) is 7.33. The zero-order chi connectivity index (χ0) is 14.5. The quantitative estimate of drug-likeness (QED) is 0.719. The second kappa shape index (κ2) is 7.57. The molecule has 0 saturated carbocycles. The van der Waals surface area contributed by atoms with Crippen molar-refractivity contribution in [3.8, 4) is 0 Å². The summed E-state index contributed by atoms with van der Waals surface area (Å²) in [5.74, 6) is 0.440. The van der Waals surface area contributed by atoms with Gasteiger partial charge in [-0.25, -0.2) is 0 Å². The Labute approximate surface area is 118 Å². The van der Waals surface area contributed by atoms with Crippen LogP contribution in [0.15, 0.2) is 0 Å². The van der Waals surface area contributed by atoms with Gasteiger partial charge in [0.05, 0.1) is 0 Å². The summed E-state index contributed by atoms with van der Waals surface area (Å²) in [5.41, 5.74) is 0. The van der Waals surface area contributed by atoms with E-state index in [0.29, 0.717) is 19.0 Å². The maximum Gasteiger partial charge on any atom is 0.281 e. The number of hydrogen-bond donors (Lipinski definition) is 1. The van der Waals surface area contributed by atoms with E-state index in [1.807, 2.05) is 13.8 Å². The van der Waals surface area contributed by atoms with Gasteiger partial charge in [0, 0.05) is 26.2 Å². The Morgan fingerprint density at radius 1 is 1.42 bits per heavy atom. The summed E-state index contributed by atoms with van der Waals surface area (Å²) in [6.45, 7) is 9.19. The van der Waals surface area contributed by atoms with E-state index < -0.39 is 10.2 Å². The molecular formula is C13H29N3O2S. The molecule has 6 heteroatoms. The van der Waals surface area contributed by atoms with Crippen molar-refractivity contribution in [3.63, 3.8) is 0 Å². The Balaban J connectivity index is 2.58. The molecule has 1 aliphatic heterocycles. The first kappa shape index (κ1) is 16.9. The number of piperidine rings is 1. The average molecular weight is 291 g/mol. The fourth-order valence-electron chi connectivity index (χ4n) is 2.33. The first-order valence-corrected chi connectivity index (χ1v) is 8.73. The van der Waals surface area contributed by atoms with Crippen LogP contribution in [-0.2, 0) is 10.2 Å². The molecule has 1 atom stereocenters. The summed E-state index contributed by atoms with van der Waals surface area (Å²) in [6, 6.07) is 0.00333. The predicted molar refractivity (Wildman–Crippen MR) is 79.3 cm³/mol. The molecule has 0 aromatic carbocycles. The van der Waals surface area contributed by atoms with Crippen LogP contribution in [0.2, 0.25) is 0 Å². The molecule has 0 aromatic heterocycles. The minimum Gasteiger partial charge on any atom is -0.316 e. The number of nitrogens with one attached hydrogen (secondary N) is 1. The normalized spacial score (nSPS) is 22.3. The Hall–Kier alpha value is -0.170. The number of nitrogens with zero attached hydrogens (tertiary/aromatic N) is 2. The van der Waals surface area contributed by atoms with Crippen LogP contribution in [0.3, 0.4) is 0 Å². The van der Waals surface area contributed by atoms with Gasteiger partial charge in [-0.1, -0.05) is 6.92 Å². The summed E-state index contributed by atoms with van der Waals surface area (Å²) in [7, 11) is -1.62. The summed E-state index contributed by atoms with van der Waals surface area (Å²) < 4.78 is 28.0. The maximum atomic E-state index is 12.4. The molecule has 114 valence electrons. The van der Waals surface area contributed by atoms with Gasteiger partial charge in [0.1, 0.15) is 0 Å². The van der Waals surface area contributed by atoms with E-state index in [2.05, 4.69) is 12.2 Å². The smallest absolute Gasteiger partial charge is 0.281 e. The van der Waals surface area contributed by atoms with E-state index in [4.69, 9.17) is 0 Å². The van der Waals surface area contributed by atoms with Gasteiger partial charge in [0.25, 0.3) is 10.2 Å². The minimum absolute atomic E-state index is 0.00333. The van der Waals surface area contributed by atoms with Crippen LogP contribution in [0.4, 0.5) is 0 Å². The first-order chi connectivity index (χ1) is 8.89. The molecule has 0 aromatic rings. The van der Waals surface area contributed by atoms with Gasteiger partial charge >= 0.3 is 0 Å². The summed E-state index contributed by atoms with van der Waals surface area (Å²) in [4.78, 5) is 0. The van der Waals surface area contributed by atoms with E-state index in [1.54, 1.807) is 11.4 Å². The fraction of sp³-hybridized carbons (Fsp3) is 1.00. The van der Waals surface area contributed by atoms with E-state index in [9.17, 15) is 8.42 Å². The van der Waals surface area contributed by atoms with E-state index >= 15 is 0 Å². The lowest BCUT2D eigenvalue weighted by Crippen LogP contribution is -2.49. The lowest BCUT2D eigenvalue weighted by atomic mass is 10.00. The SMILES string of the molecule is CCCNCC1CCCN(S(=O)(=O)N(C)C(C)C)C1. The number of hydrogen-bond acceptors (Lipinski definition) is 3. The lowest BCUT2D eigenvalue weighted by Gasteiger charge is -2.35. The van der Waals surface area contributed by atoms with Crippen molar-refractivity contribution in [2.24, 2.45) is 5.92 Å². The lowest BCUT2D eigenvalue weighted by molar-refractivity contribution is 0.241. The molecule has 0 amide bonds. The van der Waals surface area contributed by atoms with Gasteiger partial charge in [-0.2, -0.15) is 17.0 Å². The Kier molecular flexibility index (Phi) is 6.73.